The van der Waals surface area contributed by atoms with Gasteiger partial charge in [0.2, 0.25) is 0 Å². The third kappa shape index (κ3) is 10.4. The molecule has 0 saturated heterocycles. The lowest BCUT2D eigenvalue weighted by molar-refractivity contribution is 0.598. The van der Waals surface area contributed by atoms with Crippen LogP contribution in [0, 0.1) is 0 Å². The molecule has 3 unspecified atom stereocenters. The van der Waals surface area contributed by atoms with E-state index in [2.05, 4.69) is 186 Å². The summed E-state index contributed by atoms with van der Waals surface area (Å²) in [5.41, 5.74) is 12.0. The Balaban J connectivity index is 1.78. The fourth-order valence-corrected chi connectivity index (χ4v) is 6.22. The highest BCUT2D eigenvalue weighted by Crippen LogP contribution is 2.30. The minimum atomic E-state index is 0.311. The molecule has 49 heavy (non-hydrogen) atoms. The SMILES string of the molecule is CCNC(C)c1ccc(C(=CC=CC(=C2C=CC(=NC(C)CC)C=C2)c2ccc(N(CC)CC)cc2)c2ccc(C(C)NCC)cc2)cc1. The summed E-state index contributed by atoms with van der Waals surface area (Å²) < 4.78 is 0. The lowest BCUT2D eigenvalue weighted by Crippen LogP contribution is -2.21. The highest BCUT2D eigenvalue weighted by atomic mass is 15.1. The first-order valence-electron chi connectivity index (χ1n) is 18.4. The van der Waals surface area contributed by atoms with Gasteiger partial charge >= 0.3 is 0 Å². The minimum Gasteiger partial charge on any atom is -0.372 e. The fraction of sp³-hybridized carbons (Fsp3) is 0.356. The molecule has 0 aromatic heterocycles. The van der Waals surface area contributed by atoms with E-state index >= 15 is 0 Å². The first-order chi connectivity index (χ1) is 23.8. The van der Waals surface area contributed by atoms with E-state index in [1.54, 1.807) is 0 Å². The molecule has 258 valence electrons. The average molecular weight is 655 g/mol. The molecule has 0 bridgehead atoms. The van der Waals surface area contributed by atoms with Crippen molar-refractivity contribution >= 4 is 22.5 Å². The van der Waals surface area contributed by atoms with Crippen molar-refractivity contribution < 1.29 is 0 Å². The number of rotatable bonds is 16. The second-order valence-electron chi connectivity index (χ2n) is 12.8. The number of anilines is 1. The molecular weight excluding hydrogens is 597 g/mol. The third-order valence-corrected chi connectivity index (χ3v) is 9.44. The van der Waals surface area contributed by atoms with Crippen LogP contribution in [-0.4, -0.2) is 37.9 Å². The van der Waals surface area contributed by atoms with E-state index in [0.717, 1.165) is 38.3 Å². The molecule has 4 nitrogen and oxygen atoms in total. The number of benzene rings is 3. The van der Waals surface area contributed by atoms with Crippen LogP contribution in [0.2, 0.25) is 0 Å². The van der Waals surface area contributed by atoms with Gasteiger partial charge < -0.3 is 15.5 Å². The molecule has 0 radical (unpaired) electrons. The third-order valence-electron chi connectivity index (χ3n) is 9.44. The van der Waals surface area contributed by atoms with Gasteiger partial charge in [-0.15, -0.1) is 0 Å². The molecule has 1 aliphatic rings. The topological polar surface area (TPSA) is 39.7 Å². The molecule has 1 aliphatic carbocycles. The Morgan fingerprint density at radius 3 is 1.59 bits per heavy atom. The maximum Gasteiger partial charge on any atom is 0.0577 e. The normalized spacial score (nSPS) is 14.5. The molecule has 0 amide bonds. The Morgan fingerprint density at radius 2 is 1.14 bits per heavy atom. The van der Waals surface area contributed by atoms with Crippen molar-refractivity contribution in [2.75, 3.05) is 31.1 Å². The second-order valence-corrected chi connectivity index (χ2v) is 12.8. The zero-order valence-corrected chi connectivity index (χ0v) is 31.1. The van der Waals surface area contributed by atoms with Crippen molar-refractivity contribution in [1.82, 2.24) is 10.6 Å². The van der Waals surface area contributed by atoms with Crippen molar-refractivity contribution in [2.45, 2.75) is 79.9 Å². The Morgan fingerprint density at radius 1 is 0.653 bits per heavy atom. The van der Waals surface area contributed by atoms with E-state index in [1.807, 2.05) is 0 Å². The van der Waals surface area contributed by atoms with Crippen LogP contribution in [0.3, 0.4) is 0 Å². The predicted octanol–water partition coefficient (Wildman–Crippen LogP) is 10.7. The van der Waals surface area contributed by atoms with Gasteiger partial charge in [0, 0.05) is 36.9 Å². The van der Waals surface area contributed by atoms with Crippen LogP contribution < -0.4 is 15.5 Å². The Bertz CT molecular complexity index is 1570. The molecule has 3 aromatic carbocycles. The first kappa shape index (κ1) is 37.6. The summed E-state index contributed by atoms with van der Waals surface area (Å²) in [7, 11) is 0. The largest absolute Gasteiger partial charge is 0.372 e. The van der Waals surface area contributed by atoms with Crippen LogP contribution in [0.25, 0.3) is 11.1 Å². The summed E-state index contributed by atoms with van der Waals surface area (Å²) >= 11 is 0. The fourth-order valence-electron chi connectivity index (χ4n) is 6.22. The van der Waals surface area contributed by atoms with Gasteiger partial charge in [-0.3, -0.25) is 4.99 Å². The predicted molar refractivity (Wildman–Crippen MR) is 216 cm³/mol. The molecule has 0 spiro atoms. The van der Waals surface area contributed by atoms with E-state index in [9.17, 15) is 0 Å². The van der Waals surface area contributed by atoms with E-state index in [-0.39, 0.29) is 0 Å². The average Bonchev–Trinajstić information content (AvgIpc) is 3.13. The van der Waals surface area contributed by atoms with Gasteiger partial charge in [-0.2, -0.15) is 0 Å². The number of hydrogen-bond donors (Lipinski definition) is 2. The van der Waals surface area contributed by atoms with Gasteiger partial charge in [0.15, 0.2) is 0 Å². The molecule has 4 heteroatoms. The molecule has 3 aromatic rings. The molecule has 0 saturated carbocycles. The van der Waals surface area contributed by atoms with Crippen molar-refractivity contribution in [2.24, 2.45) is 4.99 Å². The van der Waals surface area contributed by atoms with E-state index < -0.39 is 0 Å². The first-order valence-corrected chi connectivity index (χ1v) is 18.4. The van der Waals surface area contributed by atoms with Crippen LogP contribution in [0.5, 0.6) is 0 Å². The lowest BCUT2D eigenvalue weighted by atomic mass is 9.93. The zero-order valence-electron chi connectivity index (χ0n) is 31.1. The quantitative estimate of drug-likeness (QED) is 0.151. The van der Waals surface area contributed by atoms with Crippen LogP contribution in [0.4, 0.5) is 5.69 Å². The van der Waals surface area contributed by atoms with Gasteiger partial charge in [0.05, 0.1) is 5.71 Å². The highest BCUT2D eigenvalue weighted by Gasteiger charge is 2.11. The molecular formula is C45H58N4. The molecule has 3 atom stereocenters. The van der Waals surface area contributed by atoms with Gasteiger partial charge in [-0.05, 0) is 123 Å². The van der Waals surface area contributed by atoms with Crippen LogP contribution >= 0.6 is 0 Å². The van der Waals surface area contributed by atoms with Crippen LogP contribution in [0.15, 0.2) is 126 Å². The molecule has 0 fully saturated rings. The van der Waals surface area contributed by atoms with E-state index in [4.69, 9.17) is 4.99 Å². The number of allylic oxidation sites excluding steroid dienone is 9. The summed E-state index contributed by atoms with van der Waals surface area (Å²) in [5.74, 6) is 0. The van der Waals surface area contributed by atoms with Gasteiger partial charge in [0.1, 0.15) is 0 Å². The van der Waals surface area contributed by atoms with Gasteiger partial charge in [-0.25, -0.2) is 0 Å². The summed E-state index contributed by atoms with van der Waals surface area (Å²) in [5, 5.41) is 7.07. The van der Waals surface area contributed by atoms with Crippen molar-refractivity contribution in [3.05, 3.63) is 149 Å². The number of hydrogen-bond acceptors (Lipinski definition) is 4. The van der Waals surface area contributed by atoms with E-state index in [1.165, 1.54) is 50.2 Å². The molecule has 4 rings (SSSR count). The van der Waals surface area contributed by atoms with E-state index in [0.29, 0.717) is 18.1 Å². The van der Waals surface area contributed by atoms with Crippen molar-refractivity contribution in [3.63, 3.8) is 0 Å². The molecule has 2 N–H and O–H groups in total. The van der Waals surface area contributed by atoms with Crippen molar-refractivity contribution in [3.8, 4) is 0 Å². The smallest absolute Gasteiger partial charge is 0.0577 e. The number of aliphatic imine (C=N–C) groups is 1. The Hall–Kier alpha value is -4.25. The number of nitrogens with one attached hydrogen (secondary N) is 2. The van der Waals surface area contributed by atoms with Crippen molar-refractivity contribution in [1.29, 1.82) is 0 Å². The number of nitrogens with zero attached hydrogens (tertiary/aromatic N) is 2. The Labute approximate surface area is 297 Å². The summed E-state index contributed by atoms with van der Waals surface area (Å²) in [4.78, 5) is 7.24. The second kappa shape index (κ2) is 19.1. The maximum atomic E-state index is 4.86. The summed E-state index contributed by atoms with van der Waals surface area (Å²) in [6, 6.07) is 28.0. The van der Waals surface area contributed by atoms with Gasteiger partial charge in [0.25, 0.3) is 0 Å². The minimum absolute atomic E-state index is 0.311. The lowest BCUT2D eigenvalue weighted by Gasteiger charge is -2.21. The van der Waals surface area contributed by atoms with Crippen LogP contribution in [0.1, 0.15) is 102 Å². The van der Waals surface area contributed by atoms with Gasteiger partial charge in [-0.1, -0.05) is 112 Å². The molecule has 0 aliphatic heterocycles. The van der Waals surface area contributed by atoms with Crippen LogP contribution in [-0.2, 0) is 0 Å². The maximum absolute atomic E-state index is 4.86. The highest BCUT2D eigenvalue weighted by molar-refractivity contribution is 6.07. The summed E-state index contributed by atoms with van der Waals surface area (Å²) in [6.07, 6.45) is 16.5. The Kier molecular flexibility index (Phi) is 14.6. The monoisotopic (exact) mass is 654 g/mol. The summed E-state index contributed by atoms with van der Waals surface area (Å²) in [6.45, 7) is 21.4. The zero-order chi connectivity index (χ0) is 35.2. The molecule has 0 heterocycles. The standard InChI is InChI=1S/C45H58N4/c1-9-33(6)48-42-29-25-40(26-30-42)45(41-27-31-43(32-28-41)49(12-4)13-5)16-14-15-44(38-21-17-36(18-22-38)34(7)46-10-2)39-23-19-37(20-24-39)35(8)47-11-3/h14-35,46-47H,9-13H2,1-8H3.